The highest BCUT2D eigenvalue weighted by Crippen LogP contribution is 2.26. The number of furan rings is 1. The molecule has 1 aliphatic heterocycles. The summed E-state index contributed by atoms with van der Waals surface area (Å²) >= 11 is 0. The molecule has 2 aromatic heterocycles. The van der Waals surface area contributed by atoms with Crippen molar-refractivity contribution in [2.24, 2.45) is 5.92 Å². The molecule has 0 radical (unpaired) electrons. The molecule has 3 rings (SSSR count). The number of rotatable bonds is 5. The number of anilines is 1. The van der Waals surface area contributed by atoms with Gasteiger partial charge in [-0.1, -0.05) is 0 Å². The highest BCUT2D eigenvalue weighted by atomic mass is 32.2. The second kappa shape index (κ2) is 5.31. The lowest BCUT2D eigenvalue weighted by Gasteiger charge is -2.38. The number of sulfonamides is 1. The molecule has 1 aliphatic rings. The molecular formula is C14H19N3O3S. The molecule has 0 aliphatic carbocycles. The smallest absolute Gasteiger partial charge is 0.213 e. The number of hydrogen-bond donors (Lipinski definition) is 1. The van der Waals surface area contributed by atoms with E-state index in [1.165, 1.54) is 4.31 Å². The van der Waals surface area contributed by atoms with E-state index in [0.29, 0.717) is 25.6 Å². The van der Waals surface area contributed by atoms with E-state index >= 15 is 0 Å². The highest BCUT2D eigenvalue weighted by molar-refractivity contribution is 7.89. The molecule has 0 saturated carbocycles. The SMILES string of the molecule is CCS(=O)(=O)N1CC(CNc2nccc3oc(C)cc23)C1. The lowest BCUT2D eigenvalue weighted by Crippen LogP contribution is -2.52. The van der Waals surface area contributed by atoms with Crippen molar-refractivity contribution in [3.05, 3.63) is 24.1 Å². The summed E-state index contributed by atoms with van der Waals surface area (Å²) in [7, 11) is -3.03. The summed E-state index contributed by atoms with van der Waals surface area (Å²) in [5.41, 5.74) is 0.814. The molecule has 0 spiro atoms. The number of fused-ring (bicyclic) bond motifs is 1. The Morgan fingerprint density at radius 1 is 1.48 bits per heavy atom. The third kappa shape index (κ3) is 2.75. The summed E-state index contributed by atoms with van der Waals surface area (Å²) < 4.78 is 30.4. The van der Waals surface area contributed by atoms with Crippen LogP contribution in [0, 0.1) is 12.8 Å². The molecule has 114 valence electrons. The summed E-state index contributed by atoms with van der Waals surface area (Å²) in [6.07, 6.45) is 1.71. The summed E-state index contributed by atoms with van der Waals surface area (Å²) in [6, 6.07) is 3.80. The van der Waals surface area contributed by atoms with Gasteiger partial charge in [-0.25, -0.2) is 17.7 Å². The Morgan fingerprint density at radius 2 is 2.24 bits per heavy atom. The average molecular weight is 309 g/mol. The van der Waals surface area contributed by atoms with Gasteiger partial charge in [-0.2, -0.15) is 0 Å². The zero-order valence-corrected chi connectivity index (χ0v) is 13.0. The van der Waals surface area contributed by atoms with Crippen LogP contribution in [-0.2, 0) is 10.0 Å². The number of nitrogens with one attached hydrogen (secondary N) is 1. The maximum atomic E-state index is 11.7. The van der Waals surface area contributed by atoms with Gasteiger partial charge in [0.15, 0.2) is 0 Å². The second-order valence-electron chi connectivity index (χ2n) is 5.39. The minimum atomic E-state index is -3.03. The van der Waals surface area contributed by atoms with E-state index < -0.39 is 10.0 Å². The first-order chi connectivity index (χ1) is 9.99. The molecule has 1 saturated heterocycles. The molecule has 3 heterocycles. The first-order valence-corrected chi connectivity index (χ1v) is 8.67. The van der Waals surface area contributed by atoms with Gasteiger partial charge in [0, 0.05) is 31.7 Å². The molecule has 7 heteroatoms. The van der Waals surface area contributed by atoms with Crippen molar-refractivity contribution in [1.29, 1.82) is 0 Å². The van der Waals surface area contributed by atoms with Crippen LogP contribution in [0.1, 0.15) is 12.7 Å². The van der Waals surface area contributed by atoms with E-state index in [9.17, 15) is 8.42 Å². The molecule has 0 bridgehead atoms. The van der Waals surface area contributed by atoms with Crippen molar-refractivity contribution in [2.75, 3.05) is 30.7 Å². The van der Waals surface area contributed by atoms with Crippen LogP contribution in [0.2, 0.25) is 0 Å². The summed E-state index contributed by atoms with van der Waals surface area (Å²) in [4.78, 5) is 4.33. The molecule has 2 aromatic rings. The summed E-state index contributed by atoms with van der Waals surface area (Å²) in [5, 5.41) is 4.27. The number of pyridine rings is 1. The Labute approximate surface area is 124 Å². The Morgan fingerprint density at radius 3 is 2.95 bits per heavy atom. The minimum Gasteiger partial charge on any atom is -0.461 e. The average Bonchev–Trinajstić information content (AvgIpc) is 2.77. The molecule has 1 N–H and O–H groups in total. The predicted octanol–water partition coefficient (Wildman–Crippen LogP) is 1.83. The number of hydrogen-bond acceptors (Lipinski definition) is 5. The molecule has 6 nitrogen and oxygen atoms in total. The number of nitrogens with zero attached hydrogens (tertiary/aromatic N) is 2. The summed E-state index contributed by atoms with van der Waals surface area (Å²) in [5.74, 6) is 2.14. The van der Waals surface area contributed by atoms with Crippen LogP contribution in [0.5, 0.6) is 0 Å². The van der Waals surface area contributed by atoms with E-state index in [4.69, 9.17) is 4.42 Å². The van der Waals surface area contributed by atoms with Crippen LogP contribution in [-0.4, -0.2) is 43.1 Å². The second-order valence-corrected chi connectivity index (χ2v) is 7.65. The zero-order valence-electron chi connectivity index (χ0n) is 12.2. The number of aromatic nitrogens is 1. The van der Waals surface area contributed by atoms with E-state index in [-0.39, 0.29) is 5.75 Å². The molecule has 0 unspecified atom stereocenters. The van der Waals surface area contributed by atoms with Crippen LogP contribution in [0.25, 0.3) is 11.0 Å². The molecule has 0 atom stereocenters. The van der Waals surface area contributed by atoms with Gasteiger partial charge in [-0.05, 0) is 26.0 Å². The minimum absolute atomic E-state index is 0.169. The predicted molar refractivity (Wildman–Crippen MR) is 81.8 cm³/mol. The van der Waals surface area contributed by atoms with Crippen molar-refractivity contribution in [2.45, 2.75) is 13.8 Å². The van der Waals surface area contributed by atoms with Crippen LogP contribution in [0.15, 0.2) is 22.7 Å². The van der Waals surface area contributed by atoms with E-state index in [2.05, 4.69) is 10.3 Å². The van der Waals surface area contributed by atoms with Crippen molar-refractivity contribution >= 4 is 26.8 Å². The topological polar surface area (TPSA) is 75.4 Å². The Balaban J connectivity index is 1.61. The van der Waals surface area contributed by atoms with Gasteiger partial charge < -0.3 is 9.73 Å². The van der Waals surface area contributed by atoms with Crippen LogP contribution in [0.3, 0.4) is 0 Å². The maximum absolute atomic E-state index is 11.7. The van der Waals surface area contributed by atoms with Gasteiger partial charge in [-0.3, -0.25) is 0 Å². The first-order valence-electron chi connectivity index (χ1n) is 7.06. The fourth-order valence-electron chi connectivity index (χ4n) is 2.53. The monoisotopic (exact) mass is 309 g/mol. The van der Waals surface area contributed by atoms with E-state index in [1.54, 1.807) is 13.1 Å². The number of aryl methyl sites for hydroxylation is 1. The highest BCUT2D eigenvalue weighted by Gasteiger charge is 2.34. The fraction of sp³-hybridized carbons (Fsp3) is 0.500. The largest absolute Gasteiger partial charge is 0.461 e. The van der Waals surface area contributed by atoms with Crippen LogP contribution >= 0.6 is 0 Å². The lowest BCUT2D eigenvalue weighted by atomic mass is 10.0. The lowest BCUT2D eigenvalue weighted by molar-refractivity contribution is 0.212. The van der Waals surface area contributed by atoms with Crippen molar-refractivity contribution < 1.29 is 12.8 Å². The van der Waals surface area contributed by atoms with Gasteiger partial charge in [0.05, 0.1) is 11.1 Å². The van der Waals surface area contributed by atoms with Crippen molar-refractivity contribution in [3.63, 3.8) is 0 Å². The molecule has 21 heavy (non-hydrogen) atoms. The Kier molecular flexibility index (Phi) is 3.62. The van der Waals surface area contributed by atoms with E-state index in [0.717, 1.165) is 22.5 Å². The standard InChI is InChI=1S/C14H19N3O3S/c1-3-21(18,19)17-8-11(9-17)7-16-14-12-6-10(2)20-13(12)4-5-15-14/h4-6,11H,3,7-9H2,1-2H3,(H,15,16). The molecular weight excluding hydrogens is 290 g/mol. The van der Waals surface area contributed by atoms with Crippen molar-refractivity contribution in [1.82, 2.24) is 9.29 Å². The third-order valence-electron chi connectivity index (χ3n) is 3.81. The van der Waals surface area contributed by atoms with Gasteiger partial charge in [0.25, 0.3) is 0 Å². The van der Waals surface area contributed by atoms with E-state index in [1.807, 2.05) is 19.1 Å². The van der Waals surface area contributed by atoms with Crippen LogP contribution < -0.4 is 5.32 Å². The molecule has 1 fully saturated rings. The van der Waals surface area contributed by atoms with Gasteiger partial charge >= 0.3 is 0 Å². The van der Waals surface area contributed by atoms with Gasteiger partial charge in [0.2, 0.25) is 10.0 Å². The molecule has 0 aromatic carbocycles. The third-order valence-corrected chi connectivity index (χ3v) is 5.62. The zero-order chi connectivity index (χ0) is 15.0. The molecule has 0 amide bonds. The summed E-state index contributed by atoms with van der Waals surface area (Å²) in [6.45, 7) is 5.47. The Bertz CT molecular complexity index is 748. The van der Waals surface area contributed by atoms with Gasteiger partial charge in [-0.15, -0.1) is 0 Å². The normalized spacial score (nSPS) is 17.0. The first kappa shape index (κ1) is 14.3. The Hall–Kier alpha value is -1.60. The fourth-order valence-corrected chi connectivity index (χ4v) is 3.77. The maximum Gasteiger partial charge on any atom is 0.213 e. The van der Waals surface area contributed by atoms with Crippen LogP contribution in [0.4, 0.5) is 5.82 Å². The van der Waals surface area contributed by atoms with Gasteiger partial charge in [0.1, 0.15) is 17.2 Å². The van der Waals surface area contributed by atoms with Crippen molar-refractivity contribution in [3.8, 4) is 0 Å². The quantitative estimate of drug-likeness (QED) is 0.912.